The van der Waals surface area contributed by atoms with Gasteiger partial charge in [-0.2, -0.15) is 13.2 Å². The number of hydrogen-bond acceptors (Lipinski definition) is 4. The Hall–Kier alpha value is -2.15. The van der Waals surface area contributed by atoms with Crippen molar-refractivity contribution in [3.8, 4) is 5.75 Å². The Labute approximate surface area is 137 Å². The van der Waals surface area contributed by atoms with Crippen LogP contribution in [0.3, 0.4) is 0 Å². The average molecular weight is 338 g/mol. The van der Waals surface area contributed by atoms with Gasteiger partial charge in [0.15, 0.2) is 0 Å². The normalized spacial score (nSPS) is 26.9. The largest absolute Gasteiger partial charge is 0.506 e. The van der Waals surface area contributed by atoms with Crippen molar-refractivity contribution in [2.24, 2.45) is 0 Å². The molecule has 1 saturated carbocycles. The molecule has 0 aliphatic heterocycles. The number of pyridine rings is 2. The summed E-state index contributed by atoms with van der Waals surface area (Å²) in [6.45, 7) is 1.64. The number of aromatic nitrogens is 2. The van der Waals surface area contributed by atoms with Gasteiger partial charge in [-0.1, -0.05) is 0 Å². The number of rotatable bonds is 3. The lowest BCUT2D eigenvalue weighted by Gasteiger charge is -2.51. The topological polar surface area (TPSA) is 66.2 Å². The van der Waals surface area contributed by atoms with Crippen LogP contribution in [0.1, 0.15) is 36.7 Å². The first-order valence-electron chi connectivity index (χ1n) is 7.50. The van der Waals surface area contributed by atoms with Crippen LogP contribution < -0.4 is 0 Å². The van der Waals surface area contributed by atoms with E-state index in [-0.39, 0.29) is 30.7 Å². The number of aromatic hydroxyl groups is 1. The van der Waals surface area contributed by atoms with Crippen LogP contribution in [0.5, 0.6) is 5.75 Å². The Kier molecular flexibility index (Phi) is 3.79. The Balaban J connectivity index is 2.00. The molecule has 1 fully saturated rings. The van der Waals surface area contributed by atoms with Gasteiger partial charge in [-0.15, -0.1) is 0 Å². The van der Waals surface area contributed by atoms with Crippen LogP contribution in [0.15, 0.2) is 36.7 Å². The van der Waals surface area contributed by atoms with E-state index in [0.29, 0.717) is 5.69 Å². The van der Waals surface area contributed by atoms with Crippen LogP contribution in [-0.2, 0) is 18.0 Å². The van der Waals surface area contributed by atoms with Crippen molar-refractivity contribution >= 4 is 0 Å². The van der Waals surface area contributed by atoms with E-state index in [4.69, 9.17) is 0 Å². The monoisotopic (exact) mass is 338 g/mol. The molecular weight excluding hydrogens is 321 g/mol. The Bertz CT molecular complexity index is 751. The van der Waals surface area contributed by atoms with Gasteiger partial charge in [-0.05, 0) is 44.0 Å². The summed E-state index contributed by atoms with van der Waals surface area (Å²) in [5.41, 5.74) is -1.89. The fourth-order valence-corrected chi connectivity index (χ4v) is 3.59. The standard InChI is InChI=1S/C17H17F3N2O2/c1-15(24)9-16(10-15,8-12-13(23)3-2-5-21-12)14-7-11(4-6-22-14)17(18,19)20/h2-7,23-24H,8-10H2,1H3. The number of halogens is 3. The van der Waals surface area contributed by atoms with Crippen molar-refractivity contribution in [3.05, 3.63) is 53.6 Å². The van der Waals surface area contributed by atoms with Crippen molar-refractivity contribution in [2.45, 2.75) is 43.4 Å². The Morgan fingerprint density at radius 3 is 2.46 bits per heavy atom. The smallest absolute Gasteiger partial charge is 0.416 e. The molecule has 0 radical (unpaired) electrons. The molecule has 7 heteroatoms. The molecule has 128 valence electrons. The van der Waals surface area contributed by atoms with E-state index in [1.165, 1.54) is 12.3 Å². The highest BCUT2D eigenvalue weighted by molar-refractivity contribution is 5.35. The molecule has 0 aromatic carbocycles. The zero-order chi connectivity index (χ0) is 17.6. The van der Waals surface area contributed by atoms with E-state index in [2.05, 4.69) is 9.97 Å². The number of hydrogen-bond donors (Lipinski definition) is 2. The second-order valence-electron chi connectivity index (χ2n) is 6.70. The maximum Gasteiger partial charge on any atom is 0.416 e. The van der Waals surface area contributed by atoms with Gasteiger partial charge in [0.1, 0.15) is 5.75 Å². The van der Waals surface area contributed by atoms with Crippen LogP contribution >= 0.6 is 0 Å². The molecule has 2 aromatic rings. The van der Waals surface area contributed by atoms with E-state index in [9.17, 15) is 23.4 Å². The molecular formula is C17H17F3N2O2. The maximum absolute atomic E-state index is 13.0. The summed E-state index contributed by atoms with van der Waals surface area (Å²) in [5.74, 6) is -0.0182. The van der Waals surface area contributed by atoms with Crippen LogP contribution in [0, 0.1) is 0 Å². The lowest BCUT2D eigenvalue weighted by molar-refractivity contribution is -0.137. The molecule has 0 atom stereocenters. The second kappa shape index (κ2) is 5.44. The summed E-state index contributed by atoms with van der Waals surface area (Å²) < 4.78 is 39.0. The van der Waals surface area contributed by atoms with E-state index >= 15 is 0 Å². The van der Waals surface area contributed by atoms with Crippen molar-refractivity contribution in [3.63, 3.8) is 0 Å². The van der Waals surface area contributed by atoms with Gasteiger partial charge < -0.3 is 10.2 Å². The molecule has 4 nitrogen and oxygen atoms in total. The van der Waals surface area contributed by atoms with Gasteiger partial charge >= 0.3 is 6.18 Å². The SMILES string of the molecule is CC1(O)CC(Cc2ncccc2O)(c2cc(C(F)(F)F)ccn2)C1. The minimum atomic E-state index is -4.46. The molecule has 0 unspecified atom stereocenters. The van der Waals surface area contributed by atoms with E-state index < -0.39 is 22.8 Å². The van der Waals surface area contributed by atoms with Crippen molar-refractivity contribution in [1.82, 2.24) is 9.97 Å². The van der Waals surface area contributed by atoms with Gasteiger partial charge in [-0.25, -0.2) is 0 Å². The predicted molar refractivity (Wildman–Crippen MR) is 80.4 cm³/mol. The molecule has 3 rings (SSSR count). The fourth-order valence-electron chi connectivity index (χ4n) is 3.59. The Morgan fingerprint density at radius 1 is 1.17 bits per heavy atom. The summed E-state index contributed by atoms with van der Waals surface area (Å²) >= 11 is 0. The van der Waals surface area contributed by atoms with Crippen molar-refractivity contribution in [1.29, 1.82) is 0 Å². The molecule has 0 amide bonds. The van der Waals surface area contributed by atoms with Gasteiger partial charge in [0.2, 0.25) is 0 Å². The fraction of sp³-hybridized carbons (Fsp3) is 0.412. The summed E-state index contributed by atoms with van der Waals surface area (Å²) in [6, 6.07) is 5.00. The zero-order valence-corrected chi connectivity index (χ0v) is 13.0. The van der Waals surface area contributed by atoms with Gasteiger partial charge in [-0.3, -0.25) is 9.97 Å². The zero-order valence-electron chi connectivity index (χ0n) is 13.0. The maximum atomic E-state index is 13.0. The first-order valence-corrected chi connectivity index (χ1v) is 7.50. The summed E-state index contributed by atoms with van der Waals surface area (Å²) in [4.78, 5) is 8.23. The highest BCUT2D eigenvalue weighted by atomic mass is 19.4. The molecule has 2 N–H and O–H groups in total. The molecule has 1 aliphatic rings. The summed E-state index contributed by atoms with van der Waals surface area (Å²) in [7, 11) is 0. The molecule has 0 saturated heterocycles. The molecule has 0 spiro atoms. The predicted octanol–water partition coefficient (Wildman–Crippen LogP) is 3.23. The van der Waals surface area contributed by atoms with E-state index in [1.807, 2.05) is 0 Å². The van der Waals surface area contributed by atoms with E-state index in [0.717, 1.165) is 18.3 Å². The minimum absolute atomic E-state index is 0.0182. The summed E-state index contributed by atoms with van der Waals surface area (Å²) in [6.07, 6.45) is -1.10. The third-order valence-electron chi connectivity index (χ3n) is 4.44. The second-order valence-corrected chi connectivity index (χ2v) is 6.70. The Morgan fingerprint density at radius 2 is 1.88 bits per heavy atom. The van der Waals surface area contributed by atoms with Gasteiger partial charge in [0.25, 0.3) is 0 Å². The van der Waals surface area contributed by atoms with Crippen LogP contribution in [0.25, 0.3) is 0 Å². The molecule has 2 aromatic heterocycles. The first kappa shape index (κ1) is 16.7. The number of alkyl halides is 3. The van der Waals surface area contributed by atoms with Gasteiger partial charge in [0.05, 0.1) is 16.9 Å². The molecule has 24 heavy (non-hydrogen) atoms. The lowest BCUT2D eigenvalue weighted by Crippen LogP contribution is -2.54. The third-order valence-corrected chi connectivity index (χ3v) is 4.44. The highest BCUT2D eigenvalue weighted by Crippen LogP contribution is 2.52. The van der Waals surface area contributed by atoms with E-state index in [1.54, 1.807) is 13.0 Å². The van der Waals surface area contributed by atoms with Crippen LogP contribution in [-0.4, -0.2) is 25.8 Å². The number of nitrogens with zero attached hydrogens (tertiary/aromatic N) is 2. The molecule has 2 heterocycles. The van der Waals surface area contributed by atoms with Crippen molar-refractivity contribution in [2.75, 3.05) is 0 Å². The lowest BCUT2D eigenvalue weighted by atomic mass is 9.56. The quantitative estimate of drug-likeness (QED) is 0.902. The van der Waals surface area contributed by atoms with Crippen LogP contribution in [0.4, 0.5) is 13.2 Å². The van der Waals surface area contributed by atoms with Crippen molar-refractivity contribution < 1.29 is 23.4 Å². The summed E-state index contributed by atoms with van der Waals surface area (Å²) in [5, 5.41) is 20.1. The average Bonchev–Trinajstić information content (AvgIpc) is 2.47. The van der Waals surface area contributed by atoms with Gasteiger partial charge in [0, 0.05) is 29.9 Å². The first-order chi connectivity index (χ1) is 11.1. The van der Waals surface area contributed by atoms with Crippen LogP contribution in [0.2, 0.25) is 0 Å². The minimum Gasteiger partial charge on any atom is -0.506 e. The highest BCUT2D eigenvalue weighted by Gasteiger charge is 2.53. The third kappa shape index (κ3) is 3.08. The molecule has 0 bridgehead atoms. The molecule has 1 aliphatic carbocycles. The number of aliphatic hydroxyl groups is 1.